The topological polar surface area (TPSA) is 89.6 Å². The Bertz CT molecular complexity index is 1380. The molecule has 2 heterocycles. The quantitative estimate of drug-likeness (QED) is 0.387. The molecular formula is C31H36F3N3O6. The maximum absolute atomic E-state index is 13.6. The number of esters is 2. The monoisotopic (exact) mass is 603 g/mol. The van der Waals surface area contributed by atoms with E-state index in [-0.39, 0.29) is 29.9 Å². The van der Waals surface area contributed by atoms with Gasteiger partial charge in [-0.3, -0.25) is 4.90 Å². The van der Waals surface area contributed by atoms with Crippen molar-refractivity contribution in [3.05, 3.63) is 76.6 Å². The van der Waals surface area contributed by atoms with E-state index in [9.17, 15) is 22.8 Å². The number of anilines is 1. The van der Waals surface area contributed by atoms with E-state index in [2.05, 4.69) is 19.9 Å². The lowest BCUT2D eigenvalue weighted by Crippen LogP contribution is -2.47. The number of ether oxygens (including phenoxy) is 4. The molecule has 0 spiro atoms. The van der Waals surface area contributed by atoms with Gasteiger partial charge >= 0.3 is 18.3 Å². The Morgan fingerprint density at radius 1 is 0.884 bits per heavy atom. The second-order valence-corrected chi connectivity index (χ2v) is 10.1. The average Bonchev–Trinajstić information content (AvgIpc) is 2.96. The minimum absolute atomic E-state index is 0.00471. The average molecular weight is 604 g/mol. The molecule has 1 saturated heterocycles. The van der Waals surface area contributed by atoms with Crippen LogP contribution in [0.3, 0.4) is 0 Å². The van der Waals surface area contributed by atoms with Crippen LogP contribution >= 0.6 is 0 Å². The van der Waals surface area contributed by atoms with Gasteiger partial charge in [0, 0.05) is 49.7 Å². The number of alkyl halides is 3. The number of para-hydroxylation sites is 3. The van der Waals surface area contributed by atoms with Crippen LogP contribution in [-0.4, -0.2) is 76.2 Å². The number of piperazine rings is 1. The molecule has 0 radical (unpaired) electrons. The van der Waals surface area contributed by atoms with Crippen LogP contribution in [0.15, 0.2) is 71.1 Å². The number of nitrogens with zero attached hydrogens (tertiary/aromatic N) is 2. The SMILES string of the molecule is CCOC(=O)C1=C(C)NC(C)=C(C(=O)OCCN2CCN(c3ccccc3OC)CC2)C1c1ccccc1OC(F)(F)F. The summed E-state index contributed by atoms with van der Waals surface area (Å²) in [4.78, 5) is 31.0. The summed E-state index contributed by atoms with van der Waals surface area (Å²) < 4.78 is 60.6. The van der Waals surface area contributed by atoms with Gasteiger partial charge in [-0.25, -0.2) is 9.59 Å². The van der Waals surface area contributed by atoms with E-state index in [0.717, 1.165) is 43.7 Å². The Hall–Kier alpha value is -4.19. The molecule has 0 saturated carbocycles. The third kappa shape index (κ3) is 7.61. The molecule has 0 aliphatic carbocycles. The first kappa shape index (κ1) is 31.7. The van der Waals surface area contributed by atoms with Crippen LogP contribution in [0.2, 0.25) is 0 Å². The Kier molecular flexibility index (Phi) is 10.2. The van der Waals surface area contributed by atoms with Gasteiger partial charge in [0.25, 0.3) is 0 Å². The summed E-state index contributed by atoms with van der Waals surface area (Å²) in [5.41, 5.74) is 1.73. The van der Waals surface area contributed by atoms with Crippen LogP contribution in [0.5, 0.6) is 11.5 Å². The maximum Gasteiger partial charge on any atom is 0.573 e. The third-order valence-electron chi connectivity index (χ3n) is 7.37. The van der Waals surface area contributed by atoms with Gasteiger partial charge in [-0.1, -0.05) is 30.3 Å². The Labute approximate surface area is 248 Å². The van der Waals surface area contributed by atoms with Gasteiger partial charge in [0.15, 0.2) is 0 Å². The molecule has 1 atom stereocenters. The number of nitrogens with one attached hydrogen (secondary N) is 1. The maximum atomic E-state index is 13.6. The summed E-state index contributed by atoms with van der Waals surface area (Å²) in [5, 5.41) is 3.00. The highest BCUT2D eigenvalue weighted by Gasteiger charge is 2.41. The van der Waals surface area contributed by atoms with Gasteiger partial charge in [0.2, 0.25) is 0 Å². The lowest BCUT2D eigenvalue weighted by molar-refractivity contribution is -0.274. The fraction of sp³-hybridized carbons (Fsp3) is 0.419. The van der Waals surface area contributed by atoms with Crippen LogP contribution in [0.4, 0.5) is 18.9 Å². The molecule has 0 bridgehead atoms. The molecule has 232 valence electrons. The summed E-state index contributed by atoms with van der Waals surface area (Å²) >= 11 is 0. The summed E-state index contributed by atoms with van der Waals surface area (Å²) in [6, 6.07) is 13.3. The van der Waals surface area contributed by atoms with E-state index in [1.165, 1.54) is 18.2 Å². The molecule has 9 nitrogen and oxygen atoms in total. The summed E-state index contributed by atoms with van der Waals surface area (Å²) in [6.45, 7) is 8.36. The van der Waals surface area contributed by atoms with Crippen molar-refractivity contribution in [3.8, 4) is 11.5 Å². The van der Waals surface area contributed by atoms with E-state index >= 15 is 0 Å². The van der Waals surface area contributed by atoms with E-state index < -0.39 is 30.0 Å². The third-order valence-corrected chi connectivity index (χ3v) is 7.37. The number of carbonyl (C=O) groups excluding carboxylic acids is 2. The smallest absolute Gasteiger partial charge is 0.495 e. The first-order chi connectivity index (χ1) is 20.5. The zero-order chi connectivity index (χ0) is 31.1. The molecule has 4 rings (SSSR count). The molecule has 0 aromatic heterocycles. The lowest BCUT2D eigenvalue weighted by Gasteiger charge is -2.36. The zero-order valence-corrected chi connectivity index (χ0v) is 24.6. The van der Waals surface area contributed by atoms with Crippen molar-refractivity contribution in [2.75, 3.05) is 57.9 Å². The van der Waals surface area contributed by atoms with Crippen molar-refractivity contribution in [1.29, 1.82) is 0 Å². The Morgan fingerprint density at radius 2 is 1.47 bits per heavy atom. The first-order valence-corrected chi connectivity index (χ1v) is 14.0. The first-order valence-electron chi connectivity index (χ1n) is 14.0. The van der Waals surface area contributed by atoms with Crippen LogP contribution in [-0.2, 0) is 19.1 Å². The number of hydrogen-bond donors (Lipinski definition) is 1. The highest BCUT2D eigenvalue weighted by molar-refractivity contribution is 6.00. The molecule has 1 fully saturated rings. The highest BCUT2D eigenvalue weighted by atomic mass is 19.4. The van der Waals surface area contributed by atoms with Gasteiger partial charge in [0.1, 0.15) is 18.1 Å². The predicted octanol–water partition coefficient (Wildman–Crippen LogP) is 4.76. The number of benzene rings is 2. The van der Waals surface area contributed by atoms with Gasteiger partial charge < -0.3 is 29.2 Å². The minimum Gasteiger partial charge on any atom is -0.495 e. The van der Waals surface area contributed by atoms with E-state index in [1.807, 2.05) is 24.3 Å². The second-order valence-electron chi connectivity index (χ2n) is 10.1. The molecule has 2 aromatic carbocycles. The molecule has 2 aromatic rings. The van der Waals surface area contributed by atoms with Crippen LogP contribution < -0.4 is 19.7 Å². The number of methoxy groups -OCH3 is 1. The fourth-order valence-electron chi connectivity index (χ4n) is 5.44. The van der Waals surface area contributed by atoms with Crippen molar-refractivity contribution in [2.45, 2.75) is 33.1 Å². The number of dihydropyridines is 1. The number of allylic oxidation sites excluding steroid dienone is 2. The van der Waals surface area contributed by atoms with Crippen molar-refractivity contribution in [3.63, 3.8) is 0 Å². The van der Waals surface area contributed by atoms with Gasteiger partial charge in [-0.05, 0) is 39.0 Å². The summed E-state index contributed by atoms with van der Waals surface area (Å²) in [6.07, 6.45) is -4.99. The summed E-state index contributed by atoms with van der Waals surface area (Å²) in [7, 11) is 1.64. The van der Waals surface area contributed by atoms with Crippen LogP contribution in [0.25, 0.3) is 0 Å². The van der Waals surface area contributed by atoms with Crippen LogP contribution in [0, 0.1) is 0 Å². The van der Waals surface area contributed by atoms with E-state index in [4.69, 9.17) is 14.2 Å². The Morgan fingerprint density at radius 3 is 2.07 bits per heavy atom. The number of rotatable bonds is 10. The van der Waals surface area contributed by atoms with Crippen molar-refractivity contribution in [2.24, 2.45) is 0 Å². The second kappa shape index (κ2) is 13.9. The number of hydrogen-bond acceptors (Lipinski definition) is 9. The summed E-state index contributed by atoms with van der Waals surface area (Å²) in [5.74, 6) is -2.44. The molecule has 2 aliphatic rings. The molecule has 1 N–H and O–H groups in total. The molecule has 2 aliphatic heterocycles. The molecule has 12 heteroatoms. The van der Waals surface area contributed by atoms with Gasteiger partial charge in [-0.15, -0.1) is 13.2 Å². The van der Waals surface area contributed by atoms with Crippen molar-refractivity contribution < 1.29 is 41.7 Å². The zero-order valence-electron chi connectivity index (χ0n) is 24.6. The molecule has 0 amide bonds. The molecular weight excluding hydrogens is 567 g/mol. The van der Waals surface area contributed by atoms with E-state index in [1.54, 1.807) is 27.9 Å². The number of carbonyl (C=O) groups is 2. The molecule has 1 unspecified atom stereocenters. The van der Waals surface area contributed by atoms with Crippen molar-refractivity contribution >= 4 is 17.6 Å². The molecule has 43 heavy (non-hydrogen) atoms. The van der Waals surface area contributed by atoms with Gasteiger partial charge in [-0.2, -0.15) is 0 Å². The van der Waals surface area contributed by atoms with Crippen molar-refractivity contribution in [1.82, 2.24) is 10.2 Å². The fourth-order valence-corrected chi connectivity index (χ4v) is 5.44. The lowest BCUT2D eigenvalue weighted by atomic mass is 9.80. The Balaban J connectivity index is 1.50. The predicted molar refractivity (Wildman–Crippen MR) is 154 cm³/mol. The minimum atomic E-state index is -4.99. The van der Waals surface area contributed by atoms with E-state index in [0.29, 0.717) is 17.9 Å². The number of halogens is 3. The largest absolute Gasteiger partial charge is 0.573 e. The van der Waals surface area contributed by atoms with Crippen LogP contribution in [0.1, 0.15) is 32.3 Å². The highest BCUT2D eigenvalue weighted by Crippen LogP contribution is 2.43. The normalized spacial score (nSPS) is 17.8. The van der Waals surface area contributed by atoms with Gasteiger partial charge in [0.05, 0.1) is 36.5 Å². The standard InChI is InChI=1S/C31H36F3N3O6/c1-5-41-29(38)26-20(2)35-21(3)27(28(26)22-10-6-8-12-24(22)43-31(32,33)34)30(39)42-19-18-36-14-16-37(17-15-36)23-11-7-9-13-25(23)40-4/h6-13,28,35H,5,14-19H2,1-4H3.